The third kappa shape index (κ3) is 3.69. The molecule has 3 N–H and O–H groups in total. The summed E-state index contributed by atoms with van der Waals surface area (Å²) in [5, 5.41) is 15.5. The van der Waals surface area contributed by atoms with Gasteiger partial charge >= 0.3 is 0 Å². The molecular weight excluding hydrogens is 358 g/mol. The molecule has 28 heavy (non-hydrogen) atoms. The fraction of sp³-hybridized carbons (Fsp3) is 0.571. The summed E-state index contributed by atoms with van der Waals surface area (Å²) in [5.41, 5.74) is 2.66. The Morgan fingerprint density at radius 1 is 1.14 bits per heavy atom. The average Bonchev–Trinajstić information content (AvgIpc) is 3.02. The second-order valence-electron chi connectivity index (χ2n) is 8.11. The molecule has 0 spiro atoms. The molecular formula is C21H27N3O4. The van der Waals surface area contributed by atoms with Crippen LogP contribution in [-0.2, 0) is 22.7 Å². The van der Waals surface area contributed by atoms with Gasteiger partial charge in [0.1, 0.15) is 6.04 Å². The summed E-state index contributed by atoms with van der Waals surface area (Å²) in [7, 11) is 0. The van der Waals surface area contributed by atoms with Crippen LogP contribution in [0.4, 0.5) is 0 Å². The smallest absolute Gasteiger partial charge is 0.255 e. The van der Waals surface area contributed by atoms with Gasteiger partial charge in [-0.2, -0.15) is 0 Å². The van der Waals surface area contributed by atoms with Crippen molar-refractivity contribution in [2.75, 3.05) is 6.61 Å². The number of piperidine rings is 1. The molecule has 2 aliphatic heterocycles. The van der Waals surface area contributed by atoms with Crippen molar-refractivity contribution in [1.29, 1.82) is 0 Å². The zero-order chi connectivity index (χ0) is 19.7. The molecule has 0 radical (unpaired) electrons. The first kappa shape index (κ1) is 19.1. The summed E-state index contributed by atoms with van der Waals surface area (Å²) in [5.74, 6) is -0.487. The Morgan fingerprint density at radius 2 is 1.96 bits per heavy atom. The highest BCUT2D eigenvalue weighted by Gasteiger charge is 2.39. The molecule has 7 nitrogen and oxygen atoms in total. The summed E-state index contributed by atoms with van der Waals surface area (Å²) >= 11 is 0. The van der Waals surface area contributed by atoms with Crippen LogP contribution in [0.5, 0.6) is 0 Å². The van der Waals surface area contributed by atoms with Crippen molar-refractivity contribution in [3.63, 3.8) is 0 Å². The Bertz CT molecular complexity index is 794. The van der Waals surface area contributed by atoms with Crippen LogP contribution in [0.25, 0.3) is 0 Å². The van der Waals surface area contributed by atoms with E-state index >= 15 is 0 Å². The predicted octanol–water partition coefficient (Wildman–Crippen LogP) is 1.09. The Kier molecular flexibility index (Phi) is 5.46. The summed E-state index contributed by atoms with van der Waals surface area (Å²) in [6.45, 7) is 1.31. The molecule has 150 valence electrons. The molecule has 1 unspecified atom stereocenters. The van der Waals surface area contributed by atoms with Gasteiger partial charge in [0.2, 0.25) is 11.8 Å². The van der Waals surface area contributed by atoms with Gasteiger partial charge in [-0.3, -0.25) is 19.7 Å². The van der Waals surface area contributed by atoms with Crippen molar-refractivity contribution in [2.24, 2.45) is 5.92 Å². The second-order valence-corrected chi connectivity index (χ2v) is 8.11. The van der Waals surface area contributed by atoms with Gasteiger partial charge in [-0.15, -0.1) is 0 Å². The topological polar surface area (TPSA) is 98.7 Å². The number of amides is 3. The summed E-state index contributed by atoms with van der Waals surface area (Å²) in [4.78, 5) is 37.8. The lowest BCUT2D eigenvalue weighted by Gasteiger charge is -2.31. The largest absolute Gasteiger partial charge is 0.396 e. The number of aliphatic hydroxyl groups excluding tert-OH is 1. The van der Waals surface area contributed by atoms with Crippen LogP contribution in [0.3, 0.4) is 0 Å². The molecule has 1 saturated heterocycles. The van der Waals surface area contributed by atoms with E-state index in [2.05, 4.69) is 10.6 Å². The number of carbonyl (C=O) groups excluding carboxylic acids is 3. The molecule has 7 heteroatoms. The zero-order valence-corrected chi connectivity index (χ0v) is 15.9. The molecule has 1 aromatic carbocycles. The Hall–Kier alpha value is -2.25. The molecule has 3 aliphatic rings. The highest BCUT2D eigenvalue weighted by molar-refractivity contribution is 6.05. The quantitative estimate of drug-likeness (QED) is 0.659. The normalized spacial score (nSPS) is 27.7. The lowest BCUT2D eigenvalue weighted by atomic mass is 9.85. The zero-order valence-electron chi connectivity index (χ0n) is 15.9. The monoisotopic (exact) mass is 385 g/mol. The maximum atomic E-state index is 12.7. The molecule has 2 fully saturated rings. The van der Waals surface area contributed by atoms with Gasteiger partial charge in [0.15, 0.2) is 0 Å². The molecule has 3 amide bonds. The molecule has 2 heterocycles. The lowest BCUT2D eigenvalue weighted by Crippen LogP contribution is -2.52. The maximum Gasteiger partial charge on any atom is 0.255 e. The molecule has 1 saturated carbocycles. The number of nitrogens with one attached hydrogen (secondary N) is 2. The van der Waals surface area contributed by atoms with Gasteiger partial charge in [-0.05, 0) is 42.4 Å². The first-order valence-corrected chi connectivity index (χ1v) is 10.2. The van der Waals surface area contributed by atoms with E-state index in [4.69, 9.17) is 0 Å². The molecule has 0 aromatic heterocycles. The van der Waals surface area contributed by atoms with E-state index in [-0.39, 0.29) is 30.7 Å². The third-order valence-electron chi connectivity index (χ3n) is 6.30. The molecule has 4 rings (SSSR count). The Labute approximate surface area is 164 Å². The Morgan fingerprint density at radius 3 is 2.75 bits per heavy atom. The van der Waals surface area contributed by atoms with E-state index in [0.29, 0.717) is 37.0 Å². The maximum absolute atomic E-state index is 12.7. The lowest BCUT2D eigenvalue weighted by molar-refractivity contribution is -0.136. The van der Waals surface area contributed by atoms with Gasteiger partial charge in [-0.25, -0.2) is 0 Å². The van der Waals surface area contributed by atoms with Gasteiger partial charge < -0.3 is 15.3 Å². The van der Waals surface area contributed by atoms with Gasteiger partial charge in [0.05, 0.1) is 0 Å². The minimum absolute atomic E-state index is 0.142. The van der Waals surface area contributed by atoms with E-state index in [1.807, 2.05) is 18.2 Å². The predicted molar refractivity (Wildman–Crippen MR) is 102 cm³/mol. The van der Waals surface area contributed by atoms with Crippen LogP contribution in [0.1, 0.15) is 60.0 Å². The number of hydrogen-bond donors (Lipinski definition) is 3. The molecule has 3 atom stereocenters. The van der Waals surface area contributed by atoms with Gasteiger partial charge in [0.25, 0.3) is 5.91 Å². The van der Waals surface area contributed by atoms with Crippen LogP contribution >= 0.6 is 0 Å². The SMILES string of the molecule is O=C1CCC(N2Cc3cc(CN[C@@H]4CCCC[C@@H]4CO)ccc3C2=O)C(=O)N1. The highest BCUT2D eigenvalue weighted by Crippen LogP contribution is 2.29. The molecule has 1 aromatic rings. The van der Waals surface area contributed by atoms with E-state index in [0.717, 1.165) is 24.0 Å². The van der Waals surface area contributed by atoms with Crippen LogP contribution in [0.2, 0.25) is 0 Å². The number of benzene rings is 1. The van der Waals surface area contributed by atoms with Crippen LogP contribution < -0.4 is 10.6 Å². The number of fused-ring (bicyclic) bond motifs is 1. The van der Waals surface area contributed by atoms with Crippen molar-refractivity contribution in [3.05, 3.63) is 34.9 Å². The van der Waals surface area contributed by atoms with Crippen LogP contribution in [-0.4, -0.2) is 46.4 Å². The minimum atomic E-state index is -0.577. The summed E-state index contributed by atoms with van der Waals surface area (Å²) in [6.07, 6.45) is 5.15. The highest BCUT2D eigenvalue weighted by atomic mass is 16.3. The number of rotatable bonds is 5. The standard InChI is InChI=1S/C21H27N3O4/c25-12-14-3-1-2-4-17(14)22-10-13-5-6-16-15(9-13)11-24(21(16)28)18-7-8-19(26)23-20(18)27/h5-6,9,14,17-18,22,25H,1-4,7-8,10-12H2,(H,23,26,27)/t14-,17-,18?/m1/s1. The third-order valence-corrected chi connectivity index (χ3v) is 6.30. The number of nitrogens with zero attached hydrogens (tertiary/aromatic N) is 1. The van der Waals surface area contributed by atoms with Gasteiger partial charge in [0, 0.05) is 37.7 Å². The van der Waals surface area contributed by atoms with Crippen LogP contribution in [0.15, 0.2) is 18.2 Å². The second kappa shape index (κ2) is 8.01. The molecule has 0 bridgehead atoms. The fourth-order valence-corrected chi connectivity index (χ4v) is 4.68. The first-order chi connectivity index (χ1) is 13.6. The number of aliphatic hydroxyl groups is 1. The average molecular weight is 385 g/mol. The van der Waals surface area contributed by atoms with Crippen molar-refractivity contribution in [1.82, 2.24) is 15.5 Å². The fourth-order valence-electron chi connectivity index (χ4n) is 4.68. The van der Waals surface area contributed by atoms with E-state index in [1.165, 1.54) is 12.8 Å². The summed E-state index contributed by atoms with van der Waals surface area (Å²) in [6, 6.07) is 5.57. The summed E-state index contributed by atoms with van der Waals surface area (Å²) < 4.78 is 0. The van der Waals surface area contributed by atoms with E-state index < -0.39 is 6.04 Å². The van der Waals surface area contributed by atoms with Crippen molar-refractivity contribution < 1.29 is 19.5 Å². The first-order valence-electron chi connectivity index (χ1n) is 10.2. The van der Waals surface area contributed by atoms with Crippen molar-refractivity contribution in [3.8, 4) is 0 Å². The van der Waals surface area contributed by atoms with Crippen molar-refractivity contribution in [2.45, 2.75) is 63.7 Å². The number of imide groups is 1. The number of hydrogen-bond acceptors (Lipinski definition) is 5. The van der Waals surface area contributed by atoms with Gasteiger partial charge in [-0.1, -0.05) is 25.0 Å². The number of carbonyl (C=O) groups is 3. The van der Waals surface area contributed by atoms with Crippen LogP contribution in [0, 0.1) is 5.92 Å². The minimum Gasteiger partial charge on any atom is -0.396 e. The van der Waals surface area contributed by atoms with Crippen molar-refractivity contribution >= 4 is 17.7 Å². The Balaban J connectivity index is 1.42. The van der Waals surface area contributed by atoms with E-state index in [1.54, 1.807) is 4.90 Å². The molecule has 1 aliphatic carbocycles. The van der Waals surface area contributed by atoms with E-state index in [9.17, 15) is 19.5 Å².